The van der Waals surface area contributed by atoms with E-state index in [-0.39, 0.29) is 23.6 Å². The maximum Gasteiger partial charge on any atom is 0.335 e. The van der Waals surface area contributed by atoms with E-state index in [4.69, 9.17) is 9.84 Å². The maximum atomic E-state index is 12.0. The van der Waals surface area contributed by atoms with Gasteiger partial charge in [0.05, 0.1) is 17.6 Å². The van der Waals surface area contributed by atoms with Crippen molar-refractivity contribution in [1.82, 2.24) is 5.32 Å². The summed E-state index contributed by atoms with van der Waals surface area (Å²) in [5, 5.41) is 22.5. The van der Waals surface area contributed by atoms with Gasteiger partial charge in [-0.15, -0.1) is 0 Å². The topological polar surface area (TPSA) is 119 Å². The van der Waals surface area contributed by atoms with Gasteiger partial charge in [-0.25, -0.2) is 4.79 Å². The molecule has 2 aromatic rings. The van der Waals surface area contributed by atoms with Crippen molar-refractivity contribution >= 4 is 17.6 Å². The lowest BCUT2D eigenvalue weighted by molar-refractivity contribution is -0.384. The molecule has 0 aromatic heterocycles. The van der Waals surface area contributed by atoms with E-state index in [0.29, 0.717) is 25.1 Å². The fraction of sp³-hybridized carbons (Fsp3) is 0.263. The van der Waals surface area contributed by atoms with Crippen LogP contribution in [0.25, 0.3) is 0 Å². The highest BCUT2D eigenvalue weighted by Gasteiger charge is 2.10. The molecule has 2 N–H and O–H groups in total. The van der Waals surface area contributed by atoms with Gasteiger partial charge in [-0.2, -0.15) is 0 Å². The minimum absolute atomic E-state index is 0.00445. The van der Waals surface area contributed by atoms with Crippen LogP contribution in [0.2, 0.25) is 0 Å². The first-order valence-corrected chi connectivity index (χ1v) is 8.31. The number of carboxylic acids is 1. The summed E-state index contributed by atoms with van der Waals surface area (Å²) in [7, 11) is 1.46. The van der Waals surface area contributed by atoms with Crippen molar-refractivity contribution in [2.24, 2.45) is 0 Å². The summed E-state index contributed by atoms with van der Waals surface area (Å²) in [6, 6.07) is 10.8. The third kappa shape index (κ3) is 5.81. The minimum atomic E-state index is -1.03. The Balaban J connectivity index is 1.83. The molecule has 0 aliphatic heterocycles. The first-order chi connectivity index (χ1) is 12.9. The molecule has 142 valence electrons. The van der Waals surface area contributed by atoms with Gasteiger partial charge < -0.3 is 15.2 Å². The van der Waals surface area contributed by atoms with Crippen molar-refractivity contribution in [3.05, 3.63) is 69.3 Å². The predicted octanol–water partition coefficient (Wildman–Crippen LogP) is 2.59. The second-order valence-electron chi connectivity index (χ2n) is 5.86. The Morgan fingerprint density at radius 2 is 1.96 bits per heavy atom. The summed E-state index contributed by atoms with van der Waals surface area (Å²) in [5.41, 5.74) is 1.66. The molecule has 0 spiro atoms. The van der Waals surface area contributed by atoms with E-state index < -0.39 is 10.9 Å². The molecule has 27 heavy (non-hydrogen) atoms. The molecule has 1 amide bonds. The first kappa shape index (κ1) is 19.9. The van der Waals surface area contributed by atoms with E-state index in [2.05, 4.69) is 5.32 Å². The van der Waals surface area contributed by atoms with E-state index in [1.807, 2.05) is 0 Å². The number of hydrogen-bond acceptors (Lipinski definition) is 5. The Morgan fingerprint density at radius 3 is 2.63 bits per heavy atom. The highest BCUT2D eigenvalue weighted by atomic mass is 16.6. The largest absolute Gasteiger partial charge is 0.496 e. The lowest BCUT2D eigenvalue weighted by atomic mass is 10.1. The molecule has 0 radical (unpaired) electrons. The number of aryl methyl sites for hydroxylation is 1. The number of methoxy groups -OCH3 is 1. The van der Waals surface area contributed by atoms with Crippen LogP contribution in [-0.4, -0.2) is 35.6 Å². The molecule has 0 saturated heterocycles. The summed E-state index contributed by atoms with van der Waals surface area (Å²) in [4.78, 5) is 33.2. The summed E-state index contributed by atoms with van der Waals surface area (Å²) >= 11 is 0. The number of nitro benzene ring substituents is 1. The van der Waals surface area contributed by atoms with Crippen LogP contribution in [0.5, 0.6) is 5.75 Å². The number of ether oxygens (including phenoxy) is 1. The molecule has 0 atom stereocenters. The van der Waals surface area contributed by atoms with Crippen LogP contribution < -0.4 is 10.1 Å². The number of amides is 1. The number of aromatic carboxylic acids is 1. The number of rotatable bonds is 9. The van der Waals surface area contributed by atoms with Crippen LogP contribution in [0.4, 0.5) is 5.69 Å². The fourth-order valence-electron chi connectivity index (χ4n) is 2.59. The van der Waals surface area contributed by atoms with Crippen LogP contribution >= 0.6 is 0 Å². The molecule has 0 heterocycles. The molecule has 2 rings (SSSR count). The molecule has 2 aromatic carbocycles. The molecule has 0 aliphatic carbocycles. The number of nitrogens with zero attached hydrogens (tertiary/aromatic N) is 1. The van der Waals surface area contributed by atoms with Crippen molar-refractivity contribution in [1.29, 1.82) is 0 Å². The van der Waals surface area contributed by atoms with Crippen LogP contribution in [0.1, 0.15) is 27.9 Å². The number of hydrogen-bond donors (Lipinski definition) is 2. The third-order valence-corrected chi connectivity index (χ3v) is 4.01. The lowest BCUT2D eigenvalue weighted by Gasteiger charge is -2.10. The Bertz CT molecular complexity index is 850. The van der Waals surface area contributed by atoms with Crippen molar-refractivity contribution in [2.45, 2.75) is 19.3 Å². The molecule has 0 fully saturated rings. The molecular weight excluding hydrogens is 352 g/mol. The maximum absolute atomic E-state index is 12.0. The summed E-state index contributed by atoms with van der Waals surface area (Å²) < 4.78 is 5.20. The SMILES string of the molecule is COc1cc(C(=O)O)ccc1CCNC(=O)CCc1cccc([N+](=O)[O-])c1. The number of carboxylic acid groups (broad SMARTS) is 1. The Labute approximate surface area is 155 Å². The quantitative estimate of drug-likeness (QED) is 0.516. The van der Waals surface area contributed by atoms with Crippen LogP contribution in [0.15, 0.2) is 42.5 Å². The minimum Gasteiger partial charge on any atom is -0.496 e. The second kappa shape index (κ2) is 9.33. The van der Waals surface area contributed by atoms with E-state index >= 15 is 0 Å². The molecule has 0 bridgehead atoms. The highest BCUT2D eigenvalue weighted by molar-refractivity contribution is 5.88. The molecular formula is C19H20N2O6. The number of nitrogens with one attached hydrogen (secondary N) is 1. The highest BCUT2D eigenvalue weighted by Crippen LogP contribution is 2.20. The molecule has 0 unspecified atom stereocenters. The molecule has 0 aliphatic rings. The zero-order chi connectivity index (χ0) is 19.8. The Hall–Kier alpha value is -3.42. The standard InChI is InChI=1S/C19H20N2O6/c1-27-17-12-15(19(23)24)7-6-14(17)9-10-20-18(22)8-5-13-3-2-4-16(11-13)21(25)26/h2-4,6-7,11-12H,5,8-10H2,1H3,(H,20,22)(H,23,24). The van der Waals surface area contributed by atoms with Crippen molar-refractivity contribution in [3.8, 4) is 5.75 Å². The Morgan fingerprint density at radius 1 is 1.19 bits per heavy atom. The van der Waals surface area contributed by atoms with Crippen LogP contribution in [-0.2, 0) is 17.6 Å². The van der Waals surface area contributed by atoms with Crippen molar-refractivity contribution in [3.63, 3.8) is 0 Å². The number of carbonyl (C=O) groups excluding carboxylic acids is 1. The van der Waals surface area contributed by atoms with E-state index in [1.54, 1.807) is 18.2 Å². The van der Waals surface area contributed by atoms with Gasteiger partial charge in [-0.3, -0.25) is 14.9 Å². The number of carbonyl (C=O) groups is 2. The zero-order valence-electron chi connectivity index (χ0n) is 14.8. The predicted molar refractivity (Wildman–Crippen MR) is 98.1 cm³/mol. The van der Waals surface area contributed by atoms with Crippen molar-refractivity contribution in [2.75, 3.05) is 13.7 Å². The summed E-state index contributed by atoms with van der Waals surface area (Å²) in [5.74, 6) is -0.738. The normalized spacial score (nSPS) is 10.3. The van der Waals surface area contributed by atoms with E-state index in [9.17, 15) is 19.7 Å². The smallest absolute Gasteiger partial charge is 0.335 e. The average Bonchev–Trinajstić information content (AvgIpc) is 2.66. The van der Waals surface area contributed by atoms with Crippen molar-refractivity contribution < 1.29 is 24.4 Å². The van der Waals surface area contributed by atoms with Crippen LogP contribution in [0, 0.1) is 10.1 Å². The van der Waals surface area contributed by atoms with E-state index in [0.717, 1.165) is 11.1 Å². The second-order valence-corrected chi connectivity index (χ2v) is 5.86. The number of nitro groups is 1. The van der Waals surface area contributed by atoms with Gasteiger partial charge in [0, 0.05) is 25.1 Å². The van der Waals surface area contributed by atoms with Gasteiger partial charge >= 0.3 is 5.97 Å². The average molecular weight is 372 g/mol. The lowest BCUT2D eigenvalue weighted by Crippen LogP contribution is -2.26. The van der Waals surface area contributed by atoms with E-state index in [1.165, 1.54) is 31.4 Å². The zero-order valence-corrected chi connectivity index (χ0v) is 14.8. The first-order valence-electron chi connectivity index (χ1n) is 8.31. The number of benzene rings is 2. The monoisotopic (exact) mass is 372 g/mol. The van der Waals surface area contributed by atoms with Gasteiger partial charge in [0.25, 0.3) is 5.69 Å². The fourth-order valence-corrected chi connectivity index (χ4v) is 2.59. The van der Waals surface area contributed by atoms with Gasteiger partial charge in [0.15, 0.2) is 0 Å². The van der Waals surface area contributed by atoms with Crippen LogP contribution in [0.3, 0.4) is 0 Å². The summed E-state index contributed by atoms with van der Waals surface area (Å²) in [6.45, 7) is 0.372. The summed E-state index contributed by atoms with van der Waals surface area (Å²) in [6.07, 6.45) is 1.12. The third-order valence-electron chi connectivity index (χ3n) is 4.01. The van der Waals surface area contributed by atoms with Gasteiger partial charge in [-0.05, 0) is 36.1 Å². The molecule has 8 nitrogen and oxygen atoms in total. The molecule has 0 saturated carbocycles. The Kier molecular flexibility index (Phi) is 6.87. The van der Waals surface area contributed by atoms with Gasteiger partial charge in [-0.1, -0.05) is 18.2 Å². The van der Waals surface area contributed by atoms with Gasteiger partial charge in [0.1, 0.15) is 5.75 Å². The van der Waals surface area contributed by atoms with Gasteiger partial charge in [0.2, 0.25) is 5.91 Å². The molecule has 8 heteroatoms. The number of non-ortho nitro benzene ring substituents is 1.